The molecule has 0 bridgehead atoms. The molecule has 0 aromatic rings. The summed E-state index contributed by atoms with van der Waals surface area (Å²) in [5.74, 6) is -0.939. The first-order valence-corrected chi connectivity index (χ1v) is 27.4. The summed E-state index contributed by atoms with van der Waals surface area (Å²) >= 11 is 0. The third kappa shape index (κ3) is 50.3. The predicted molar refractivity (Wildman–Crippen MR) is 277 cm³/mol. The lowest BCUT2D eigenvalue weighted by molar-refractivity contribution is -0.870. The van der Waals surface area contributed by atoms with E-state index in [1.54, 1.807) is 0 Å². The number of esters is 2. The molecule has 9 nitrogen and oxygen atoms in total. The molecule has 10 heteroatoms. The highest BCUT2D eigenvalue weighted by atomic mass is 31.2. The zero-order valence-electron chi connectivity index (χ0n) is 42.6. The van der Waals surface area contributed by atoms with Gasteiger partial charge in [-0.15, -0.1) is 0 Å². The highest BCUT2D eigenvalue weighted by molar-refractivity contribution is 7.45. The summed E-state index contributed by atoms with van der Waals surface area (Å²) in [6.07, 6.45) is 63.2. The van der Waals surface area contributed by atoms with Gasteiger partial charge in [-0.3, -0.25) is 14.2 Å². The Morgan fingerprint density at radius 3 is 1.35 bits per heavy atom. The molecule has 0 aliphatic carbocycles. The van der Waals surface area contributed by atoms with Crippen molar-refractivity contribution in [2.24, 2.45) is 0 Å². The number of carbonyl (C=O) groups excluding carboxylic acids is 2. The molecule has 0 rings (SSSR count). The van der Waals surface area contributed by atoms with Gasteiger partial charge in [0.1, 0.15) is 19.8 Å². The number of allylic oxidation sites excluding steroid dienone is 16. The third-order valence-electron chi connectivity index (χ3n) is 10.6. The Kier molecular flexibility index (Phi) is 44.8. The van der Waals surface area contributed by atoms with Crippen LogP contribution in [-0.2, 0) is 32.7 Å². The van der Waals surface area contributed by atoms with Crippen LogP contribution in [0.15, 0.2) is 97.2 Å². The minimum Gasteiger partial charge on any atom is -0.756 e. The second kappa shape index (κ2) is 47.0. The molecule has 0 spiro atoms. The number of ether oxygens (including phenoxy) is 2. The Bertz CT molecular complexity index is 1440. The number of nitrogens with zero attached hydrogens (tertiary/aromatic N) is 1. The first-order chi connectivity index (χ1) is 32.0. The molecule has 0 aliphatic heterocycles. The second-order valence-electron chi connectivity index (χ2n) is 18.1. The van der Waals surface area contributed by atoms with E-state index in [2.05, 4.69) is 98.9 Å². The third-order valence-corrected chi connectivity index (χ3v) is 11.6. The first-order valence-electron chi connectivity index (χ1n) is 25.9. The molecule has 2 atom stereocenters. The summed E-state index contributed by atoms with van der Waals surface area (Å²) in [6.45, 7) is 4.01. The van der Waals surface area contributed by atoms with Crippen molar-refractivity contribution in [2.75, 3.05) is 47.5 Å². The van der Waals surface area contributed by atoms with E-state index in [0.717, 1.165) is 64.2 Å². The molecule has 0 amide bonds. The number of phosphoric acid groups is 1. The lowest BCUT2D eigenvalue weighted by atomic mass is 10.0. The molecule has 0 saturated heterocycles. The standard InChI is InChI=1S/C56H96NO8P/c1-6-8-10-12-14-16-18-20-22-24-26-27-28-29-31-32-34-36-38-40-42-44-46-48-55(58)62-52-54(53-64-66(60,61)63-51-50-57(3,4)5)65-56(59)49-47-45-43-41-39-37-35-33-30-25-23-21-19-17-15-13-11-9-7-2/h9,11,15,17-18,20-21,23-24,26,30,33,37,39,43,45,54H,6-8,10,12-14,16,19,22,25,27-29,31-32,34-36,38,40-42,44,46-53H2,1-5H3/b11-9-,17-15-,20-18-,23-21-,26-24-,33-30-,39-37-,45-43-. The normalized spacial score (nSPS) is 14.2. The zero-order chi connectivity index (χ0) is 48.5. The minimum absolute atomic E-state index is 0.0496. The molecule has 0 aromatic heterocycles. The maximum atomic E-state index is 12.7. The molecule has 0 N–H and O–H groups in total. The van der Waals surface area contributed by atoms with Crippen LogP contribution in [0.1, 0.15) is 194 Å². The first kappa shape index (κ1) is 62.9. The fraction of sp³-hybridized carbons (Fsp3) is 0.679. The van der Waals surface area contributed by atoms with Gasteiger partial charge in [0.2, 0.25) is 0 Å². The van der Waals surface area contributed by atoms with Crippen LogP contribution < -0.4 is 4.89 Å². The van der Waals surface area contributed by atoms with Crippen LogP contribution in [0, 0.1) is 0 Å². The van der Waals surface area contributed by atoms with E-state index < -0.39 is 32.5 Å². The van der Waals surface area contributed by atoms with Crippen molar-refractivity contribution in [1.29, 1.82) is 0 Å². The molecular weight excluding hydrogens is 846 g/mol. The number of hydrogen-bond donors (Lipinski definition) is 0. The van der Waals surface area contributed by atoms with Crippen molar-refractivity contribution in [3.63, 3.8) is 0 Å². The average Bonchev–Trinajstić information content (AvgIpc) is 3.27. The van der Waals surface area contributed by atoms with Crippen LogP contribution >= 0.6 is 7.82 Å². The van der Waals surface area contributed by atoms with E-state index in [1.165, 1.54) is 89.9 Å². The van der Waals surface area contributed by atoms with E-state index in [4.69, 9.17) is 18.5 Å². The highest BCUT2D eigenvalue weighted by Gasteiger charge is 2.21. The fourth-order valence-corrected chi connectivity index (χ4v) is 7.32. The lowest BCUT2D eigenvalue weighted by Gasteiger charge is -2.28. The SMILES string of the molecule is CC/C=C\C/C=C\C/C=C\C/C=C\C/C=C\C/C=C\CCC(=O)OC(COC(=O)CCCCCCCCCCCCC/C=C\C/C=C\CCCCCCC)COP(=O)([O-])OCC[N+](C)(C)C. The number of carbonyl (C=O) groups is 2. The van der Waals surface area contributed by atoms with Gasteiger partial charge in [0, 0.05) is 12.8 Å². The second-order valence-corrected chi connectivity index (χ2v) is 19.6. The molecule has 66 heavy (non-hydrogen) atoms. The van der Waals surface area contributed by atoms with E-state index in [1.807, 2.05) is 33.3 Å². The number of hydrogen-bond acceptors (Lipinski definition) is 8. The number of likely N-dealkylation sites (N-methyl/N-ethyl adjacent to an activating group) is 1. The van der Waals surface area contributed by atoms with Gasteiger partial charge in [0.25, 0.3) is 7.82 Å². The monoisotopic (exact) mass is 942 g/mol. The summed E-state index contributed by atoms with van der Waals surface area (Å²) in [5, 5.41) is 0. The Morgan fingerprint density at radius 2 is 0.894 bits per heavy atom. The summed E-state index contributed by atoms with van der Waals surface area (Å²) in [5.41, 5.74) is 0. The number of rotatable bonds is 46. The molecule has 0 aromatic carbocycles. The topological polar surface area (TPSA) is 111 Å². The van der Waals surface area contributed by atoms with Crippen molar-refractivity contribution in [1.82, 2.24) is 0 Å². The van der Waals surface area contributed by atoms with Crippen molar-refractivity contribution in [3.05, 3.63) is 97.2 Å². The van der Waals surface area contributed by atoms with Crippen molar-refractivity contribution < 1.29 is 42.1 Å². The number of phosphoric ester groups is 1. The number of quaternary nitrogens is 1. The van der Waals surface area contributed by atoms with Crippen LogP contribution in [0.2, 0.25) is 0 Å². The van der Waals surface area contributed by atoms with Crippen molar-refractivity contribution in [3.8, 4) is 0 Å². The zero-order valence-corrected chi connectivity index (χ0v) is 43.5. The Morgan fingerprint density at radius 1 is 0.485 bits per heavy atom. The average molecular weight is 942 g/mol. The molecular formula is C56H96NO8P. The smallest absolute Gasteiger partial charge is 0.306 e. The van der Waals surface area contributed by atoms with E-state index in [-0.39, 0.29) is 26.1 Å². The van der Waals surface area contributed by atoms with Gasteiger partial charge in [0.15, 0.2) is 6.10 Å². The Hall–Kier alpha value is -3.07. The predicted octanol–water partition coefficient (Wildman–Crippen LogP) is 15.1. The summed E-state index contributed by atoms with van der Waals surface area (Å²) < 4.78 is 33.9. The Labute approximate surface area is 404 Å². The van der Waals surface area contributed by atoms with Gasteiger partial charge >= 0.3 is 11.9 Å². The summed E-state index contributed by atoms with van der Waals surface area (Å²) in [4.78, 5) is 37.7. The quantitative estimate of drug-likeness (QED) is 0.0195. The molecule has 0 aliphatic rings. The van der Waals surface area contributed by atoms with Crippen LogP contribution in [0.5, 0.6) is 0 Å². The summed E-state index contributed by atoms with van der Waals surface area (Å²) in [7, 11) is 1.11. The maximum absolute atomic E-state index is 12.7. The molecule has 2 unspecified atom stereocenters. The van der Waals surface area contributed by atoms with Gasteiger partial charge in [-0.2, -0.15) is 0 Å². The van der Waals surface area contributed by atoms with Crippen molar-refractivity contribution >= 4 is 19.8 Å². The van der Waals surface area contributed by atoms with Crippen LogP contribution in [0.4, 0.5) is 0 Å². The van der Waals surface area contributed by atoms with Gasteiger partial charge in [-0.05, 0) is 83.5 Å². The van der Waals surface area contributed by atoms with Crippen molar-refractivity contribution in [2.45, 2.75) is 200 Å². The number of unbranched alkanes of at least 4 members (excludes halogenated alkanes) is 16. The van der Waals surface area contributed by atoms with Gasteiger partial charge in [-0.25, -0.2) is 0 Å². The molecule has 0 heterocycles. The van der Waals surface area contributed by atoms with Gasteiger partial charge in [-0.1, -0.05) is 195 Å². The molecule has 0 fully saturated rings. The largest absolute Gasteiger partial charge is 0.756 e. The summed E-state index contributed by atoms with van der Waals surface area (Å²) in [6, 6.07) is 0. The van der Waals surface area contributed by atoms with E-state index >= 15 is 0 Å². The van der Waals surface area contributed by atoms with Crippen LogP contribution in [0.3, 0.4) is 0 Å². The lowest BCUT2D eigenvalue weighted by Crippen LogP contribution is -2.37. The van der Waals surface area contributed by atoms with Crippen LogP contribution in [-0.4, -0.2) is 70.0 Å². The van der Waals surface area contributed by atoms with E-state index in [0.29, 0.717) is 23.9 Å². The Balaban J connectivity index is 4.35. The van der Waals surface area contributed by atoms with Gasteiger partial charge in [0.05, 0.1) is 27.7 Å². The van der Waals surface area contributed by atoms with E-state index in [9.17, 15) is 19.0 Å². The molecule has 0 saturated carbocycles. The molecule has 0 radical (unpaired) electrons. The minimum atomic E-state index is -4.66. The van der Waals surface area contributed by atoms with Gasteiger partial charge < -0.3 is 27.9 Å². The maximum Gasteiger partial charge on any atom is 0.306 e. The molecule has 378 valence electrons. The highest BCUT2D eigenvalue weighted by Crippen LogP contribution is 2.38. The van der Waals surface area contributed by atoms with Crippen LogP contribution in [0.25, 0.3) is 0 Å². The fourth-order valence-electron chi connectivity index (χ4n) is 6.59.